The van der Waals surface area contributed by atoms with Crippen LogP contribution in [0.3, 0.4) is 0 Å². The Kier molecular flexibility index (Phi) is 5.66. The summed E-state index contributed by atoms with van der Waals surface area (Å²) in [5, 5.41) is 2.94. The minimum Gasteiger partial charge on any atom is -0.455 e. The smallest absolute Gasteiger partial charge is 0.321 e. The van der Waals surface area contributed by atoms with Crippen molar-refractivity contribution in [1.82, 2.24) is 10.0 Å². The molecule has 2 N–H and O–H groups in total. The van der Waals surface area contributed by atoms with Gasteiger partial charge in [0.1, 0.15) is 6.54 Å². The number of sulfonamides is 1. The highest BCUT2D eigenvalue weighted by atomic mass is 32.2. The van der Waals surface area contributed by atoms with Gasteiger partial charge in [-0.2, -0.15) is 4.72 Å². The van der Waals surface area contributed by atoms with Crippen molar-refractivity contribution < 1.29 is 22.7 Å². The van der Waals surface area contributed by atoms with E-state index in [1.54, 1.807) is 18.2 Å². The molecule has 1 aromatic carbocycles. The summed E-state index contributed by atoms with van der Waals surface area (Å²) < 4.78 is 31.3. The number of rotatable bonds is 8. The average molecular weight is 421 g/mol. The molecule has 4 saturated carbocycles. The Morgan fingerprint density at radius 3 is 2.17 bits per heavy atom. The molecule has 4 fully saturated rings. The van der Waals surface area contributed by atoms with E-state index in [4.69, 9.17) is 4.74 Å². The molecule has 1 amide bonds. The van der Waals surface area contributed by atoms with E-state index in [2.05, 4.69) is 10.0 Å². The standard InChI is InChI=1S/C21H28N2O5S/c24-19(22-14-21-9-15-6-16(10-21)8-17(7-15)11-21)13-28-20(25)12-23-29(26,27)18-4-2-1-3-5-18/h1-5,15-17,23H,6-14H2,(H,22,24). The zero-order valence-electron chi connectivity index (χ0n) is 16.4. The number of carbonyl (C=O) groups excluding carboxylic acids is 2. The van der Waals surface area contributed by atoms with Crippen LogP contribution < -0.4 is 10.0 Å². The first-order chi connectivity index (χ1) is 13.8. The largest absolute Gasteiger partial charge is 0.455 e. The fourth-order valence-corrected chi connectivity index (χ4v) is 6.87. The summed E-state index contributed by atoms with van der Waals surface area (Å²) in [6.07, 6.45) is 7.64. The molecule has 0 aromatic heterocycles. The molecule has 0 aliphatic heterocycles. The van der Waals surface area contributed by atoms with Crippen LogP contribution in [0.4, 0.5) is 0 Å². The van der Waals surface area contributed by atoms with E-state index in [0.29, 0.717) is 6.54 Å². The summed E-state index contributed by atoms with van der Waals surface area (Å²) >= 11 is 0. The summed E-state index contributed by atoms with van der Waals surface area (Å²) in [5.41, 5.74) is 0.222. The van der Waals surface area contributed by atoms with Crippen LogP contribution >= 0.6 is 0 Å². The number of benzene rings is 1. The molecule has 5 rings (SSSR count). The molecule has 0 saturated heterocycles. The van der Waals surface area contributed by atoms with Crippen molar-refractivity contribution in [2.24, 2.45) is 23.2 Å². The molecular formula is C21H28N2O5S. The van der Waals surface area contributed by atoms with Crippen molar-refractivity contribution in [3.8, 4) is 0 Å². The van der Waals surface area contributed by atoms with E-state index in [1.807, 2.05) is 0 Å². The van der Waals surface area contributed by atoms with Gasteiger partial charge in [0.05, 0.1) is 4.90 Å². The van der Waals surface area contributed by atoms with Gasteiger partial charge >= 0.3 is 5.97 Å². The molecular weight excluding hydrogens is 392 g/mol. The Morgan fingerprint density at radius 2 is 1.59 bits per heavy atom. The molecule has 29 heavy (non-hydrogen) atoms. The first-order valence-corrected chi connectivity index (χ1v) is 11.8. The van der Waals surface area contributed by atoms with Crippen LogP contribution in [0.5, 0.6) is 0 Å². The third-order valence-electron chi connectivity index (χ3n) is 6.65. The molecule has 4 aliphatic carbocycles. The van der Waals surface area contributed by atoms with Crippen molar-refractivity contribution in [1.29, 1.82) is 0 Å². The average Bonchev–Trinajstić information content (AvgIpc) is 2.69. The van der Waals surface area contributed by atoms with Gasteiger partial charge < -0.3 is 10.1 Å². The van der Waals surface area contributed by atoms with Gasteiger partial charge in [-0.15, -0.1) is 0 Å². The minimum atomic E-state index is -3.78. The Labute approximate surface area is 171 Å². The lowest BCUT2D eigenvalue weighted by atomic mass is 9.49. The van der Waals surface area contributed by atoms with Crippen LogP contribution in [0.15, 0.2) is 35.2 Å². The van der Waals surface area contributed by atoms with Gasteiger partial charge in [0, 0.05) is 6.54 Å². The number of hydrogen-bond donors (Lipinski definition) is 2. The highest BCUT2D eigenvalue weighted by molar-refractivity contribution is 7.89. The quantitative estimate of drug-likeness (QED) is 0.625. The predicted molar refractivity (Wildman–Crippen MR) is 106 cm³/mol. The van der Waals surface area contributed by atoms with Crippen molar-refractivity contribution in [3.05, 3.63) is 30.3 Å². The number of nitrogens with one attached hydrogen (secondary N) is 2. The Balaban J connectivity index is 1.19. The number of amides is 1. The first kappa shape index (κ1) is 20.3. The molecule has 0 radical (unpaired) electrons. The third kappa shape index (κ3) is 4.80. The molecule has 7 nitrogen and oxygen atoms in total. The summed E-state index contributed by atoms with van der Waals surface area (Å²) in [7, 11) is -3.78. The first-order valence-electron chi connectivity index (χ1n) is 10.3. The highest BCUT2D eigenvalue weighted by Crippen LogP contribution is 2.59. The Hall–Kier alpha value is -1.93. The second-order valence-electron chi connectivity index (χ2n) is 8.99. The van der Waals surface area contributed by atoms with Crippen molar-refractivity contribution >= 4 is 21.9 Å². The van der Waals surface area contributed by atoms with Gasteiger partial charge in [-0.3, -0.25) is 9.59 Å². The van der Waals surface area contributed by atoms with Gasteiger partial charge in [0.15, 0.2) is 6.61 Å². The van der Waals surface area contributed by atoms with Gasteiger partial charge in [0.25, 0.3) is 5.91 Å². The topological polar surface area (TPSA) is 102 Å². The molecule has 0 spiro atoms. The summed E-state index contributed by atoms with van der Waals surface area (Å²) in [5.74, 6) is 1.32. The number of carbonyl (C=O) groups is 2. The van der Waals surface area contributed by atoms with Crippen LogP contribution in [-0.4, -0.2) is 40.0 Å². The van der Waals surface area contributed by atoms with Crippen LogP contribution in [0, 0.1) is 23.2 Å². The van der Waals surface area contributed by atoms with Crippen LogP contribution in [0.2, 0.25) is 0 Å². The van der Waals surface area contributed by atoms with Crippen molar-refractivity contribution in [2.75, 3.05) is 19.7 Å². The van der Waals surface area contributed by atoms with Crippen LogP contribution in [0.1, 0.15) is 38.5 Å². The number of ether oxygens (including phenoxy) is 1. The number of hydrogen-bond acceptors (Lipinski definition) is 5. The maximum atomic E-state index is 12.1. The van der Waals surface area contributed by atoms with Crippen LogP contribution in [0.25, 0.3) is 0 Å². The lowest BCUT2D eigenvalue weighted by Crippen LogP contribution is -2.51. The maximum Gasteiger partial charge on any atom is 0.321 e. The minimum absolute atomic E-state index is 0.0705. The molecule has 8 heteroatoms. The third-order valence-corrected chi connectivity index (χ3v) is 8.07. The highest BCUT2D eigenvalue weighted by Gasteiger charge is 2.50. The van der Waals surface area contributed by atoms with E-state index < -0.39 is 29.1 Å². The fraction of sp³-hybridized carbons (Fsp3) is 0.619. The molecule has 4 aliphatic rings. The molecule has 0 heterocycles. The van der Waals surface area contributed by atoms with Gasteiger partial charge in [-0.1, -0.05) is 18.2 Å². The molecule has 158 valence electrons. The Bertz CT molecular complexity index is 833. The predicted octanol–water partition coefficient (Wildman–Crippen LogP) is 1.84. The van der Waals surface area contributed by atoms with Crippen LogP contribution in [-0.2, 0) is 24.3 Å². The van der Waals surface area contributed by atoms with Gasteiger partial charge in [-0.25, -0.2) is 8.42 Å². The fourth-order valence-electron chi connectivity index (χ4n) is 5.88. The SMILES string of the molecule is O=C(COC(=O)CNS(=O)(=O)c1ccccc1)NCC12CC3CC(CC(C3)C1)C2. The summed E-state index contributed by atoms with van der Waals surface area (Å²) in [6.45, 7) is -0.259. The normalized spacial score (nSPS) is 30.1. The van der Waals surface area contributed by atoms with Crippen molar-refractivity contribution in [3.63, 3.8) is 0 Å². The number of esters is 1. The van der Waals surface area contributed by atoms with E-state index in [0.717, 1.165) is 17.8 Å². The van der Waals surface area contributed by atoms with E-state index in [9.17, 15) is 18.0 Å². The zero-order valence-corrected chi connectivity index (χ0v) is 17.2. The zero-order chi connectivity index (χ0) is 20.5. The Morgan fingerprint density at radius 1 is 1.00 bits per heavy atom. The monoisotopic (exact) mass is 420 g/mol. The van der Waals surface area contributed by atoms with E-state index in [1.165, 1.54) is 50.7 Å². The second-order valence-corrected chi connectivity index (χ2v) is 10.8. The molecule has 1 aromatic rings. The molecule has 0 unspecified atom stereocenters. The summed E-state index contributed by atoms with van der Waals surface area (Å²) in [4.78, 5) is 24.0. The lowest BCUT2D eigenvalue weighted by Gasteiger charge is -2.56. The lowest BCUT2D eigenvalue weighted by molar-refractivity contribution is -0.147. The van der Waals surface area contributed by atoms with E-state index in [-0.39, 0.29) is 16.2 Å². The van der Waals surface area contributed by atoms with Gasteiger partial charge in [-0.05, 0) is 73.8 Å². The molecule has 4 bridgehead atoms. The van der Waals surface area contributed by atoms with E-state index >= 15 is 0 Å². The summed E-state index contributed by atoms with van der Waals surface area (Å²) in [6, 6.07) is 7.77. The van der Waals surface area contributed by atoms with Gasteiger partial charge in [0.2, 0.25) is 10.0 Å². The second kappa shape index (κ2) is 8.07. The molecule has 0 atom stereocenters. The van der Waals surface area contributed by atoms with Crippen molar-refractivity contribution in [2.45, 2.75) is 43.4 Å². The maximum absolute atomic E-state index is 12.1.